The summed E-state index contributed by atoms with van der Waals surface area (Å²) >= 11 is 0. The first-order valence-electron chi connectivity index (χ1n) is 9.16. The van der Waals surface area contributed by atoms with Gasteiger partial charge in [-0.2, -0.15) is 5.26 Å². The molecule has 158 valence electrons. The number of nitriles is 1. The first-order chi connectivity index (χ1) is 14.8. The predicted octanol–water partition coefficient (Wildman–Crippen LogP) is 2.83. The van der Waals surface area contributed by atoms with Crippen LogP contribution in [0.4, 0.5) is 0 Å². The number of sulfonamides is 1. The van der Waals surface area contributed by atoms with Crippen LogP contribution in [0.25, 0.3) is 0 Å². The number of nitrogens with two attached hydrogens (primary N) is 1. The second-order valence-electron chi connectivity index (χ2n) is 6.60. The third kappa shape index (κ3) is 5.26. The summed E-state index contributed by atoms with van der Waals surface area (Å²) in [6.07, 6.45) is -0.161. The number of nitrogens with zero attached hydrogens (tertiary/aromatic N) is 2. The molecule has 1 atom stereocenters. The number of ether oxygens (including phenoxy) is 1. The summed E-state index contributed by atoms with van der Waals surface area (Å²) in [7, 11) is -4.43. The first kappa shape index (κ1) is 22.0. The standard InChI is InChI=1S/C22H19N3O5S/c23-15-17-8-6-16(7-9-17)14-21(22(24)26)25(27)31(28,29)20-12-10-19(11-13-20)30-18-4-2-1-3-5-18/h1-13,21,27H,14H2,(H2,24,26)/t21-/m1/s1. The summed E-state index contributed by atoms with van der Waals surface area (Å²) < 4.78 is 31.2. The largest absolute Gasteiger partial charge is 0.457 e. The van der Waals surface area contributed by atoms with E-state index in [4.69, 9.17) is 15.7 Å². The molecule has 3 aromatic carbocycles. The molecule has 0 aliphatic carbocycles. The van der Waals surface area contributed by atoms with E-state index in [1.807, 2.05) is 12.1 Å². The van der Waals surface area contributed by atoms with Crippen LogP contribution in [0.15, 0.2) is 83.8 Å². The summed E-state index contributed by atoms with van der Waals surface area (Å²) in [4.78, 5) is 11.7. The minimum atomic E-state index is -4.43. The monoisotopic (exact) mass is 437 g/mol. The summed E-state index contributed by atoms with van der Waals surface area (Å²) in [5.41, 5.74) is 6.29. The van der Waals surface area contributed by atoms with E-state index in [2.05, 4.69) is 0 Å². The van der Waals surface area contributed by atoms with Gasteiger partial charge in [0, 0.05) is 6.42 Å². The lowest BCUT2D eigenvalue weighted by atomic mass is 10.0. The van der Waals surface area contributed by atoms with Crippen LogP contribution in [0.5, 0.6) is 11.5 Å². The average Bonchev–Trinajstić information content (AvgIpc) is 2.78. The van der Waals surface area contributed by atoms with E-state index < -0.39 is 22.0 Å². The number of hydroxylamine groups is 1. The van der Waals surface area contributed by atoms with E-state index >= 15 is 0 Å². The highest BCUT2D eigenvalue weighted by molar-refractivity contribution is 7.89. The molecule has 0 radical (unpaired) electrons. The number of amides is 1. The molecule has 0 unspecified atom stereocenters. The Bertz CT molecular complexity index is 1190. The van der Waals surface area contributed by atoms with E-state index in [-0.39, 0.29) is 15.8 Å². The highest BCUT2D eigenvalue weighted by atomic mass is 32.2. The number of primary amides is 1. The third-order valence-electron chi connectivity index (χ3n) is 4.45. The van der Waals surface area contributed by atoms with Crippen LogP contribution in [-0.2, 0) is 21.2 Å². The van der Waals surface area contributed by atoms with Gasteiger partial charge in [-0.3, -0.25) is 10.0 Å². The highest BCUT2D eigenvalue weighted by Crippen LogP contribution is 2.25. The highest BCUT2D eigenvalue weighted by Gasteiger charge is 2.34. The molecule has 0 spiro atoms. The van der Waals surface area contributed by atoms with Crippen molar-refractivity contribution in [2.45, 2.75) is 17.4 Å². The van der Waals surface area contributed by atoms with Crippen molar-refractivity contribution in [3.8, 4) is 17.6 Å². The second kappa shape index (κ2) is 9.40. The fourth-order valence-electron chi connectivity index (χ4n) is 2.81. The van der Waals surface area contributed by atoms with Gasteiger partial charge >= 0.3 is 0 Å². The van der Waals surface area contributed by atoms with E-state index in [1.165, 1.54) is 36.4 Å². The third-order valence-corrected chi connectivity index (χ3v) is 6.07. The van der Waals surface area contributed by atoms with Gasteiger partial charge in [-0.15, -0.1) is 0 Å². The fourth-order valence-corrected chi connectivity index (χ4v) is 4.02. The minimum Gasteiger partial charge on any atom is -0.457 e. The zero-order chi connectivity index (χ0) is 22.4. The Hall–Kier alpha value is -3.71. The van der Waals surface area contributed by atoms with Gasteiger partial charge in [0.1, 0.15) is 17.5 Å². The molecule has 3 N–H and O–H groups in total. The van der Waals surface area contributed by atoms with Gasteiger partial charge in [-0.25, -0.2) is 8.42 Å². The van der Waals surface area contributed by atoms with Crippen molar-refractivity contribution in [1.82, 2.24) is 4.47 Å². The molecule has 0 saturated carbocycles. The molecule has 31 heavy (non-hydrogen) atoms. The summed E-state index contributed by atoms with van der Waals surface area (Å²) in [6.45, 7) is 0. The van der Waals surface area contributed by atoms with E-state index in [1.54, 1.807) is 36.4 Å². The number of para-hydroxylation sites is 1. The average molecular weight is 437 g/mol. The van der Waals surface area contributed by atoms with Crippen LogP contribution < -0.4 is 10.5 Å². The lowest BCUT2D eigenvalue weighted by Crippen LogP contribution is -2.47. The molecule has 0 aliphatic heterocycles. The number of benzene rings is 3. The Kier molecular flexibility index (Phi) is 6.67. The maximum absolute atomic E-state index is 12.8. The molecule has 0 aliphatic rings. The predicted molar refractivity (Wildman–Crippen MR) is 112 cm³/mol. The van der Waals surface area contributed by atoms with Crippen molar-refractivity contribution < 1.29 is 23.2 Å². The van der Waals surface area contributed by atoms with Crippen molar-refractivity contribution in [3.05, 3.63) is 90.0 Å². The molecular weight excluding hydrogens is 418 g/mol. The van der Waals surface area contributed by atoms with Crippen molar-refractivity contribution in [2.75, 3.05) is 0 Å². The van der Waals surface area contributed by atoms with E-state index in [9.17, 15) is 18.4 Å². The maximum Gasteiger partial charge on any atom is 0.265 e. The van der Waals surface area contributed by atoms with Gasteiger partial charge in [0.05, 0.1) is 16.5 Å². The Labute approximate surface area is 179 Å². The quantitative estimate of drug-likeness (QED) is 0.521. The van der Waals surface area contributed by atoms with E-state index in [0.717, 1.165) is 0 Å². The lowest BCUT2D eigenvalue weighted by molar-refractivity contribution is -0.131. The number of carbonyl (C=O) groups excluding carboxylic acids is 1. The first-order valence-corrected chi connectivity index (χ1v) is 10.6. The summed E-state index contributed by atoms with van der Waals surface area (Å²) in [5, 5.41) is 19.2. The maximum atomic E-state index is 12.8. The molecule has 0 aromatic heterocycles. The Balaban J connectivity index is 1.79. The second-order valence-corrected chi connectivity index (χ2v) is 8.39. The molecule has 3 aromatic rings. The number of rotatable bonds is 8. The Morgan fingerprint density at radius 2 is 1.58 bits per heavy atom. The van der Waals surface area contributed by atoms with Crippen molar-refractivity contribution in [2.24, 2.45) is 5.73 Å². The van der Waals surface area contributed by atoms with Gasteiger partial charge in [-0.05, 0) is 54.1 Å². The van der Waals surface area contributed by atoms with E-state index in [0.29, 0.717) is 22.6 Å². The molecular formula is C22H19N3O5S. The van der Waals surface area contributed by atoms with Gasteiger partial charge in [-0.1, -0.05) is 34.8 Å². The summed E-state index contributed by atoms with van der Waals surface area (Å²) in [5.74, 6) is -0.0313. The Morgan fingerprint density at radius 3 is 2.13 bits per heavy atom. The molecule has 0 fully saturated rings. The van der Waals surface area contributed by atoms with Crippen molar-refractivity contribution in [1.29, 1.82) is 5.26 Å². The van der Waals surface area contributed by atoms with Crippen LogP contribution in [0.2, 0.25) is 0 Å². The lowest BCUT2D eigenvalue weighted by Gasteiger charge is -2.23. The number of carbonyl (C=O) groups is 1. The van der Waals surface area contributed by atoms with Crippen LogP contribution in [0, 0.1) is 11.3 Å². The van der Waals surface area contributed by atoms with Gasteiger partial charge in [0.25, 0.3) is 10.0 Å². The molecule has 0 saturated heterocycles. The van der Waals surface area contributed by atoms with Gasteiger partial charge < -0.3 is 10.5 Å². The van der Waals surface area contributed by atoms with Crippen molar-refractivity contribution >= 4 is 15.9 Å². The van der Waals surface area contributed by atoms with Crippen LogP contribution in [-0.4, -0.2) is 30.0 Å². The fraction of sp³-hybridized carbons (Fsp3) is 0.0909. The molecule has 3 rings (SSSR count). The van der Waals surface area contributed by atoms with Crippen LogP contribution >= 0.6 is 0 Å². The molecule has 9 heteroatoms. The molecule has 8 nitrogen and oxygen atoms in total. The van der Waals surface area contributed by atoms with Gasteiger partial charge in [0.2, 0.25) is 5.91 Å². The van der Waals surface area contributed by atoms with Crippen LogP contribution in [0.3, 0.4) is 0 Å². The van der Waals surface area contributed by atoms with Crippen molar-refractivity contribution in [3.63, 3.8) is 0 Å². The SMILES string of the molecule is N#Cc1ccc(C[C@H](C(N)=O)N(O)S(=O)(=O)c2ccc(Oc3ccccc3)cc2)cc1. The zero-order valence-electron chi connectivity index (χ0n) is 16.3. The number of hydrogen-bond acceptors (Lipinski definition) is 6. The smallest absolute Gasteiger partial charge is 0.265 e. The van der Waals surface area contributed by atoms with Gasteiger partial charge in [0.15, 0.2) is 0 Å². The number of hydrogen-bond donors (Lipinski definition) is 2. The van der Waals surface area contributed by atoms with Crippen LogP contribution in [0.1, 0.15) is 11.1 Å². The topological polar surface area (TPSA) is 134 Å². The Morgan fingerprint density at radius 1 is 1.00 bits per heavy atom. The summed E-state index contributed by atoms with van der Waals surface area (Å²) in [6, 6.07) is 20.9. The molecule has 0 heterocycles. The normalized spacial score (nSPS) is 12.2. The molecule has 1 amide bonds. The zero-order valence-corrected chi connectivity index (χ0v) is 17.1. The molecule has 0 bridgehead atoms. The minimum absolute atomic E-state index is 0.0272.